The van der Waals surface area contributed by atoms with Crippen molar-refractivity contribution in [1.82, 2.24) is 25.2 Å². The number of β-lactam (4-membered cyclic amide) rings is 1. The average Bonchev–Trinajstić information content (AvgIpc) is 4.04. The first kappa shape index (κ1) is 42.9. The average molecular weight is 942 g/mol. The molecule has 10 rings (SSSR count). The molecule has 0 spiro atoms. The number of nitrogens with zero attached hydrogens (tertiary/aromatic N) is 5. The van der Waals surface area contributed by atoms with Gasteiger partial charge in [-0.2, -0.15) is 0 Å². The third kappa shape index (κ3) is 8.15. The molecule has 0 saturated carbocycles. The van der Waals surface area contributed by atoms with Crippen molar-refractivity contribution < 1.29 is 19.2 Å². The molecule has 66 heavy (non-hydrogen) atoms. The lowest BCUT2D eigenvalue weighted by atomic mass is 9.77. The summed E-state index contributed by atoms with van der Waals surface area (Å²) >= 11 is 10.5. The van der Waals surface area contributed by atoms with Crippen LogP contribution in [0.25, 0.3) is 15.9 Å². The number of thiazole rings is 2. The Kier molecular flexibility index (Phi) is 12.2. The van der Waals surface area contributed by atoms with Gasteiger partial charge in [0.15, 0.2) is 16.5 Å². The predicted molar refractivity (Wildman–Crippen MR) is 266 cm³/mol. The molecule has 1 unspecified atom stereocenters. The number of pyridine rings is 1. The molecule has 5 aromatic carbocycles. The molecule has 2 N–H and O–H groups in total. The van der Waals surface area contributed by atoms with Crippen molar-refractivity contribution >= 4 is 90.3 Å². The van der Waals surface area contributed by atoms with Gasteiger partial charge in [0.1, 0.15) is 46.6 Å². The fourth-order valence-electron chi connectivity index (χ4n) is 8.30. The van der Waals surface area contributed by atoms with E-state index in [1.54, 1.807) is 16.5 Å². The number of fused-ring (bicyclic) bond motifs is 2. The zero-order valence-electron chi connectivity index (χ0n) is 35.2. The molecular weight excluding hydrogens is 903 g/mol. The van der Waals surface area contributed by atoms with E-state index in [0.29, 0.717) is 27.2 Å². The maximum Gasteiger partial charge on any atom is 0.276 e. The fourth-order valence-corrected chi connectivity index (χ4v) is 11.8. The lowest BCUT2D eigenvalue weighted by molar-refractivity contribution is -0.144. The Morgan fingerprint density at radius 3 is 1.94 bits per heavy atom. The first-order valence-electron chi connectivity index (χ1n) is 21.0. The van der Waals surface area contributed by atoms with Crippen LogP contribution in [0.3, 0.4) is 0 Å². The van der Waals surface area contributed by atoms with E-state index in [0.717, 1.165) is 38.1 Å². The molecule has 5 heterocycles. The van der Waals surface area contributed by atoms with E-state index in [2.05, 4.69) is 57.2 Å². The number of nitrogens with one attached hydrogen (secondary N) is 2. The maximum atomic E-state index is 14.5. The maximum absolute atomic E-state index is 14.5. The molecule has 8 aromatic rings. The zero-order chi connectivity index (χ0) is 45.0. The molecular formula is C51H39N7O4S4. The molecule has 3 aromatic heterocycles. The summed E-state index contributed by atoms with van der Waals surface area (Å²) in [6.07, 6.45) is 1.14. The lowest BCUT2D eigenvalue weighted by Crippen LogP contribution is -2.71. The molecule has 1 saturated heterocycles. The van der Waals surface area contributed by atoms with E-state index < -0.39 is 29.0 Å². The van der Waals surface area contributed by atoms with E-state index in [1.807, 2.05) is 127 Å². The minimum absolute atomic E-state index is 0.0792. The highest BCUT2D eigenvalue weighted by molar-refractivity contribution is 8.00. The van der Waals surface area contributed by atoms with Crippen molar-refractivity contribution in [3.8, 4) is 0 Å². The van der Waals surface area contributed by atoms with Gasteiger partial charge in [0.25, 0.3) is 11.8 Å². The van der Waals surface area contributed by atoms with E-state index >= 15 is 0 Å². The van der Waals surface area contributed by atoms with Crippen molar-refractivity contribution in [2.75, 3.05) is 18.2 Å². The molecule has 326 valence electrons. The second-order valence-electron chi connectivity index (χ2n) is 15.3. The topological polar surface area (TPSA) is 131 Å². The van der Waals surface area contributed by atoms with Crippen LogP contribution < -0.4 is 10.6 Å². The zero-order valence-corrected chi connectivity index (χ0v) is 38.5. The van der Waals surface area contributed by atoms with Crippen LogP contribution in [0.2, 0.25) is 0 Å². The number of thiocarbonyl (C=S) groups is 1. The van der Waals surface area contributed by atoms with Crippen molar-refractivity contribution in [3.05, 3.63) is 220 Å². The van der Waals surface area contributed by atoms with Crippen LogP contribution in [0, 0.1) is 0 Å². The third-order valence-corrected chi connectivity index (χ3v) is 14.8. The summed E-state index contributed by atoms with van der Waals surface area (Å²) in [6.45, 7) is 0. The first-order valence-corrected chi connectivity index (χ1v) is 24.1. The van der Waals surface area contributed by atoms with E-state index in [1.165, 1.54) is 41.5 Å². The Morgan fingerprint density at radius 2 is 1.38 bits per heavy atom. The van der Waals surface area contributed by atoms with Gasteiger partial charge in [-0.1, -0.05) is 157 Å². The number of amides is 2. The minimum atomic E-state index is -0.918. The number of rotatable bonds is 14. The number of aromatic nitrogens is 3. The summed E-state index contributed by atoms with van der Waals surface area (Å²) in [6, 6.07) is 53.1. The van der Waals surface area contributed by atoms with Crippen LogP contribution in [0.5, 0.6) is 0 Å². The predicted octanol–water partition coefficient (Wildman–Crippen LogP) is 9.85. The summed E-state index contributed by atoms with van der Waals surface area (Å²) in [4.78, 5) is 50.0. The number of hydrogen-bond donors (Lipinski definition) is 2. The van der Waals surface area contributed by atoms with Gasteiger partial charge in [-0.3, -0.25) is 14.5 Å². The second-order valence-corrected chi connectivity index (χ2v) is 18.6. The summed E-state index contributed by atoms with van der Waals surface area (Å²) in [5.74, 6) is -0.536. The Morgan fingerprint density at radius 1 is 0.803 bits per heavy atom. The third-order valence-electron chi connectivity index (χ3n) is 11.4. The minimum Gasteiger partial charge on any atom is -0.469 e. The van der Waals surface area contributed by atoms with Gasteiger partial charge in [0.05, 0.1) is 4.70 Å². The lowest BCUT2D eigenvalue weighted by Gasteiger charge is -2.50. The monoisotopic (exact) mass is 941 g/mol. The number of ether oxygens (including phenoxy) is 1. The van der Waals surface area contributed by atoms with E-state index in [4.69, 9.17) is 31.8 Å². The Labute approximate surface area is 398 Å². The number of benzene rings is 5. The first-order chi connectivity index (χ1) is 32.4. The summed E-state index contributed by atoms with van der Waals surface area (Å²) in [5.41, 5.74) is 5.94. The van der Waals surface area contributed by atoms with Gasteiger partial charge in [-0.25, -0.2) is 15.0 Å². The fraction of sp³-hybridized carbons (Fsp3) is 0.118. The molecule has 11 nitrogen and oxygen atoms in total. The van der Waals surface area contributed by atoms with Gasteiger partial charge in [0.2, 0.25) is 5.05 Å². The van der Waals surface area contributed by atoms with E-state index in [-0.39, 0.29) is 22.4 Å². The normalized spacial score (nSPS) is 16.1. The number of carbonyl (C=O) groups excluding carboxylic acids is 2. The van der Waals surface area contributed by atoms with Gasteiger partial charge in [0, 0.05) is 22.9 Å². The van der Waals surface area contributed by atoms with Crippen molar-refractivity contribution in [2.45, 2.75) is 23.1 Å². The number of carbonyl (C=O) groups is 2. The highest BCUT2D eigenvalue weighted by Gasteiger charge is 2.55. The van der Waals surface area contributed by atoms with Crippen molar-refractivity contribution in [3.63, 3.8) is 0 Å². The quantitative estimate of drug-likeness (QED) is 0.0357. The smallest absolute Gasteiger partial charge is 0.276 e. The van der Waals surface area contributed by atoms with Crippen LogP contribution >= 0.6 is 46.7 Å². The number of oxime groups is 1. The Bertz CT molecular complexity index is 2930. The largest absolute Gasteiger partial charge is 0.469 e. The van der Waals surface area contributed by atoms with Gasteiger partial charge < -0.3 is 20.2 Å². The van der Waals surface area contributed by atoms with Gasteiger partial charge >= 0.3 is 0 Å². The van der Waals surface area contributed by atoms with E-state index in [9.17, 15) is 9.59 Å². The standard InChI is InChI=1S/C51H39N7O4S4/c1-61-57-40(38-31-65-50(53-38)56-51(34-22-11-4-12-23-34,35-24-13-5-14-25-35)36-26-15-6-16-27-36)45(59)54-41-47(60)58-42(37(30-64-48(41)58)46-55-44-39(66-46)28-17-29-52-44)49(63)62-43(32-18-7-2-8-19-32)33-20-9-3-10-21-33/h2-29,31,41,43,48H,30H2,1H3,(H,53,56)(H,54,59)/b57-40-/t41?,48-/m1/s1. The summed E-state index contributed by atoms with van der Waals surface area (Å²) < 4.78 is 7.65. The molecule has 0 aliphatic carbocycles. The SMILES string of the molecule is CO/N=C(\C(=O)NC1C(=O)N2C(C(=S)OC(c3ccccc3)c3ccccc3)=C(c3nc4ncccc4s3)CS[C@H]12)c1csc(NC(c2ccccc2)(c2ccccc2)c2ccccc2)n1. The second kappa shape index (κ2) is 18.8. The van der Waals surface area contributed by atoms with Gasteiger partial charge in [-0.05, 0) is 52.2 Å². The Balaban J connectivity index is 0.946. The highest BCUT2D eigenvalue weighted by atomic mass is 32.2. The summed E-state index contributed by atoms with van der Waals surface area (Å²) in [7, 11) is 1.37. The molecule has 2 atom stereocenters. The van der Waals surface area contributed by atoms with Crippen molar-refractivity contribution in [1.29, 1.82) is 0 Å². The van der Waals surface area contributed by atoms with Crippen molar-refractivity contribution in [2.24, 2.45) is 5.16 Å². The molecule has 0 bridgehead atoms. The van der Waals surface area contributed by atoms with Crippen LogP contribution in [-0.4, -0.2) is 66.7 Å². The molecule has 0 radical (unpaired) electrons. The van der Waals surface area contributed by atoms with Crippen LogP contribution in [-0.2, 0) is 24.7 Å². The highest BCUT2D eigenvalue weighted by Crippen LogP contribution is 2.46. The number of thioether (sulfide) groups is 1. The van der Waals surface area contributed by atoms with Crippen LogP contribution in [0.4, 0.5) is 5.13 Å². The molecule has 15 heteroatoms. The molecule has 2 aliphatic rings. The van der Waals surface area contributed by atoms with Crippen LogP contribution in [0.1, 0.15) is 44.6 Å². The Hall–Kier alpha value is -7.04. The van der Waals surface area contributed by atoms with Gasteiger partial charge in [-0.15, -0.1) is 34.4 Å². The number of hydrogen-bond acceptors (Lipinski definition) is 13. The number of anilines is 1. The molecule has 2 amide bonds. The molecule has 2 aliphatic heterocycles. The summed E-state index contributed by atoms with van der Waals surface area (Å²) in [5, 5.41) is 13.5. The molecule has 1 fully saturated rings. The van der Waals surface area contributed by atoms with Crippen LogP contribution in [0.15, 0.2) is 186 Å².